The normalized spacial score (nSPS) is 17.5. The van der Waals surface area contributed by atoms with E-state index in [2.05, 4.69) is 15.1 Å². The van der Waals surface area contributed by atoms with Crippen LogP contribution in [0.15, 0.2) is 0 Å². The summed E-state index contributed by atoms with van der Waals surface area (Å²) in [7, 11) is 3.29. The second-order valence-corrected chi connectivity index (χ2v) is 5.09. The smallest absolute Gasteiger partial charge is 0.329 e. The number of amides is 1. The molecule has 1 fully saturated rings. The summed E-state index contributed by atoms with van der Waals surface area (Å²) in [6.07, 6.45) is 2.56. The Labute approximate surface area is 115 Å². The van der Waals surface area contributed by atoms with E-state index in [9.17, 15) is 9.59 Å². The predicted octanol–water partition coefficient (Wildman–Crippen LogP) is -0.308. The van der Waals surface area contributed by atoms with E-state index in [1.54, 1.807) is 0 Å². The number of carbonyl (C=O) groups is 2. The average Bonchev–Trinajstić information content (AvgIpc) is 2.87. The van der Waals surface area contributed by atoms with E-state index in [1.165, 1.54) is 40.0 Å². The average molecular weight is 271 g/mol. The first-order valence-corrected chi connectivity index (χ1v) is 6.78. The molecular weight excluding hydrogens is 246 g/mol. The summed E-state index contributed by atoms with van der Waals surface area (Å²) in [6.45, 7) is 6.09. The lowest BCUT2D eigenvalue weighted by Gasteiger charge is -2.25. The molecule has 0 aromatic heterocycles. The molecule has 6 nitrogen and oxygen atoms in total. The van der Waals surface area contributed by atoms with Crippen molar-refractivity contribution in [1.29, 1.82) is 0 Å². The number of ether oxygens (including phenoxy) is 1. The molecule has 1 atom stereocenters. The molecule has 0 aromatic rings. The van der Waals surface area contributed by atoms with E-state index in [-0.39, 0.29) is 5.91 Å². The van der Waals surface area contributed by atoms with Crippen molar-refractivity contribution in [3.8, 4) is 0 Å². The number of nitrogens with one attached hydrogen (secondary N) is 1. The monoisotopic (exact) mass is 271 g/mol. The fourth-order valence-corrected chi connectivity index (χ4v) is 2.29. The third kappa shape index (κ3) is 6.02. The van der Waals surface area contributed by atoms with E-state index in [1.807, 2.05) is 7.05 Å². The van der Waals surface area contributed by atoms with E-state index in [0.29, 0.717) is 6.54 Å². The molecule has 0 bridgehead atoms. The Morgan fingerprint density at radius 1 is 1.37 bits per heavy atom. The third-order valence-electron chi connectivity index (χ3n) is 3.35. The molecule has 1 saturated heterocycles. The van der Waals surface area contributed by atoms with Gasteiger partial charge < -0.3 is 19.9 Å². The van der Waals surface area contributed by atoms with Crippen molar-refractivity contribution >= 4 is 11.9 Å². The number of likely N-dealkylation sites (N-methyl/N-ethyl adjacent to an activating group) is 1. The summed E-state index contributed by atoms with van der Waals surface area (Å²) < 4.78 is 4.70. The number of carbonyl (C=O) groups excluding carboxylic acids is 2. The standard InChI is InChI=1S/C13H25N3O3/c1-11(17)14-12(13(18)19-3)10-15(2)8-9-16-6-4-5-7-16/h12H,4-10H2,1-3H3,(H,14,17). The summed E-state index contributed by atoms with van der Waals surface area (Å²) in [6, 6.07) is -0.592. The number of methoxy groups -OCH3 is 1. The van der Waals surface area contributed by atoms with Crippen LogP contribution in [0.3, 0.4) is 0 Å². The van der Waals surface area contributed by atoms with Crippen molar-refractivity contribution in [1.82, 2.24) is 15.1 Å². The molecule has 1 amide bonds. The van der Waals surface area contributed by atoms with Gasteiger partial charge in [0.05, 0.1) is 7.11 Å². The fourth-order valence-electron chi connectivity index (χ4n) is 2.29. The quantitative estimate of drug-likeness (QED) is 0.644. The van der Waals surface area contributed by atoms with Crippen LogP contribution in [-0.2, 0) is 14.3 Å². The SMILES string of the molecule is COC(=O)C(CN(C)CCN1CCCC1)NC(C)=O. The molecule has 0 radical (unpaired) electrons. The minimum absolute atomic E-state index is 0.219. The Balaban J connectivity index is 2.34. The predicted molar refractivity (Wildman–Crippen MR) is 72.8 cm³/mol. The van der Waals surface area contributed by atoms with Crippen LogP contribution in [0.4, 0.5) is 0 Å². The molecule has 110 valence electrons. The van der Waals surface area contributed by atoms with Crippen molar-refractivity contribution in [2.75, 3.05) is 46.9 Å². The van der Waals surface area contributed by atoms with Gasteiger partial charge in [0.2, 0.25) is 5.91 Å². The zero-order valence-electron chi connectivity index (χ0n) is 12.1. The summed E-state index contributed by atoms with van der Waals surface area (Å²) in [5.74, 6) is -0.619. The van der Waals surface area contributed by atoms with Crippen molar-refractivity contribution in [3.05, 3.63) is 0 Å². The highest BCUT2D eigenvalue weighted by Crippen LogP contribution is 2.06. The molecule has 1 aliphatic rings. The molecule has 1 unspecified atom stereocenters. The van der Waals surface area contributed by atoms with Gasteiger partial charge in [-0.2, -0.15) is 0 Å². The van der Waals surface area contributed by atoms with Crippen LogP contribution in [0.2, 0.25) is 0 Å². The van der Waals surface area contributed by atoms with Gasteiger partial charge in [-0.25, -0.2) is 4.79 Å². The molecule has 1 rings (SSSR count). The van der Waals surface area contributed by atoms with Gasteiger partial charge in [0.1, 0.15) is 6.04 Å². The van der Waals surface area contributed by atoms with Crippen molar-refractivity contribution in [2.24, 2.45) is 0 Å². The number of hydrogen-bond acceptors (Lipinski definition) is 5. The number of rotatable bonds is 7. The van der Waals surface area contributed by atoms with Gasteiger partial charge in [0, 0.05) is 26.6 Å². The highest BCUT2D eigenvalue weighted by atomic mass is 16.5. The number of likely N-dealkylation sites (tertiary alicyclic amines) is 1. The Kier molecular flexibility index (Phi) is 6.80. The molecule has 19 heavy (non-hydrogen) atoms. The van der Waals surface area contributed by atoms with Crippen LogP contribution in [0.1, 0.15) is 19.8 Å². The van der Waals surface area contributed by atoms with E-state index in [0.717, 1.165) is 13.1 Å². The first-order valence-electron chi connectivity index (χ1n) is 6.78. The molecular formula is C13H25N3O3. The zero-order chi connectivity index (χ0) is 14.3. The molecule has 1 heterocycles. The van der Waals surface area contributed by atoms with Gasteiger partial charge in [-0.1, -0.05) is 0 Å². The second-order valence-electron chi connectivity index (χ2n) is 5.09. The number of esters is 1. The van der Waals surface area contributed by atoms with Crippen LogP contribution in [-0.4, -0.2) is 74.6 Å². The molecule has 0 aliphatic carbocycles. The van der Waals surface area contributed by atoms with Crippen LogP contribution in [0.25, 0.3) is 0 Å². The van der Waals surface area contributed by atoms with Crippen LogP contribution < -0.4 is 5.32 Å². The Hall–Kier alpha value is -1.14. The fraction of sp³-hybridized carbons (Fsp3) is 0.846. The van der Waals surface area contributed by atoms with E-state index in [4.69, 9.17) is 4.74 Å². The highest BCUT2D eigenvalue weighted by Gasteiger charge is 2.22. The maximum absolute atomic E-state index is 11.6. The van der Waals surface area contributed by atoms with Gasteiger partial charge in [0.25, 0.3) is 0 Å². The van der Waals surface area contributed by atoms with Gasteiger partial charge >= 0.3 is 5.97 Å². The van der Waals surface area contributed by atoms with Gasteiger partial charge in [0.15, 0.2) is 0 Å². The summed E-state index contributed by atoms with van der Waals surface area (Å²) in [5, 5.41) is 2.62. The summed E-state index contributed by atoms with van der Waals surface area (Å²) >= 11 is 0. The molecule has 6 heteroatoms. The Morgan fingerprint density at radius 2 is 2.00 bits per heavy atom. The van der Waals surface area contributed by atoms with Crippen molar-refractivity contribution in [2.45, 2.75) is 25.8 Å². The maximum atomic E-state index is 11.6. The van der Waals surface area contributed by atoms with Gasteiger partial charge in [-0.3, -0.25) is 4.79 Å². The highest BCUT2D eigenvalue weighted by molar-refractivity contribution is 5.83. The van der Waals surface area contributed by atoms with Crippen molar-refractivity contribution < 1.29 is 14.3 Å². The summed E-state index contributed by atoms with van der Waals surface area (Å²) in [5.41, 5.74) is 0. The second kappa shape index (κ2) is 8.12. The van der Waals surface area contributed by atoms with Gasteiger partial charge in [-0.05, 0) is 33.0 Å². The van der Waals surface area contributed by atoms with Crippen LogP contribution in [0, 0.1) is 0 Å². The lowest BCUT2D eigenvalue weighted by molar-refractivity contribution is -0.145. The lowest BCUT2D eigenvalue weighted by atomic mass is 10.2. The first kappa shape index (κ1) is 15.9. The molecule has 0 aromatic carbocycles. The third-order valence-corrected chi connectivity index (χ3v) is 3.35. The minimum atomic E-state index is -0.592. The summed E-state index contributed by atoms with van der Waals surface area (Å²) in [4.78, 5) is 27.1. The minimum Gasteiger partial charge on any atom is -0.467 e. The van der Waals surface area contributed by atoms with E-state index >= 15 is 0 Å². The Morgan fingerprint density at radius 3 is 2.53 bits per heavy atom. The number of hydrogen-bond donors (Lipinski definition) is 1. The van der Waals surface area contributed by atoms with Gasteiger partial charge in [-0.15, -0.1) is 0 Å². The topological polar surface area (TPSA) is 61.9 Å². The zero-order valence-corrected chi connectivity index (χ0v) is 12.1. The molecule has 0 spiro atoms. The van der Waals surface area contributed by atoms with Crippen LogP contribution in [0.5, 0.6) is 0 Å². The molecule has 1 aliphatic heterocycles. The number of nitrogens with zero attached hydrogens (tertiary/aromatic N) is 2. The largest absolute Gasteiger partial charge is 0.467 e. The lowest BCUT2D eigenvalue weighted by Crippen LogP contribution is -2.48. The Bertz CT molecular complexity index is 304. The molecule has 0 saturated carbocycles. The van der Waals surface area contributed by atoms with Crippen LogP contribution >= 0.6 is 0 Å². The van der Waals surface area contributed by atoms with Crippen molar-refractivity contribution in [3.63, 3.8) is 0 Å². The maximum Gasteiger partial charge on any atom is 0.329 e. The first-order chi connectivity index (χ1) is 9.02. The van der Waals surface area contributed by atoms with E-state index < -0.39 is 12.0 Å². The molecule has 1 N–H and O–H groups in total.